The number of carbonyl (C=O) groups is 3. The van der Waals surface area contributed by atoms with Gasteiger partial charge in [-0.3, -0.25) is 4.79 Å². The number of hydrogen-bond acceptors (Lipinski definition) is 3. The van der Waals surface area contributed by atoms with Crippen molar-refractivity contribution in [1.29, 1.82) is 0 Å². The van der Waals surface area contributed by atoms with Crippen molar-refractivity contribution in [3.05, 3.63) is 0 Å². The van der Waals surface area contributed by atoms with Crippen LogP contribution in [0.15, 0.2) is 0 Å². The van der Waals surface area contributed by atoms with E-state index in [0.29, 0.717) is 6.42 Å². The molecular formula is C10H15N3O4. The number of aliphatic carboxylic acids is 1. The number of primary amides is 1. The van der Waals surface area contributed by atoms with Crippen LogP contribution in [0.4, 0.5) is 4.79 Å². The molecule has 7 nitrogen and oxygen atoms in total. The lowest BCUT2D eigenvalue weighted by Crippen LogP contribution is -2.49. The van der Waals surface area contributed by atoms with Crippen LogP contribution in [-0.4, -0.2) is 35.1 Å². The van der Waals surface area contributed by atoms with E-state index in [-0.39, 0.29) is 0 Å². The van der Waals surface area contributed by atoms with Gasteiger partial charge >= 0.3 is 12.0 Å². The standard InChI is InChI=1S/C10H15N3O4/c1-3-6(4-2)12-10(17)13-7(9(15)16)5-8(11)14/h1,6-7H,4-5H2,2H3,(H2,11,14)(H,15,16)(H2,12,13,17)/t6?,7-/m0/s1. The highest BCUT2D eigenvalue weighted by Crippen LogP contribution is 1.93. The average molecular weight is 241 g/mol. The van der Waals surface area contributed by atoms with E-state index >= 15 is 0 Å². The molecule has 5 N–H and O–H groups in total. The topological polar surface area (TPSA) is 122 Å². The summed E-state index contributed by atoms with van der Waals surface area (Å²) in [5.74, 6) is 0.157. The van der Waals surface area contributed by atoms with Gasteiger partial charge in [0.1, 0.15) is 6.04 Å². The van der Waals surface area contributed by atoms with Crippen molar-refractivity contribution in [3.63, 3.8) is 0 Å². The summed E-state index contributed by atoms with van der Waals surface area (Å²) in [5.41, 5.74) is 4.85. The molecule has 0 saturated heterocycles. The number of carbonyl (C=O) groups excluding carboxylic acids is 2. The van der Waals surface area contributed by atoms with Crippen LogP contribution < -0.4 is 16.4 Å². The quantitative estimate of drug-likeness (QED) is 0.447. The zero-order chi connectivity index (χ0) is 13.4. The normalized spacial score (nSPS) is 12.9. The summed E-state index contributed by atoms with van der Waals surface area (Å²) in [4.78, 5) is 32.6. The van der Waals surface area contributed by atoms with Crippen molar-refractivity contribution in [2.45, 2.75) is 31.8 Å². The molecule has 0 radical (unpaired) electrons. The summed E-state index contributed by atoms with van der Waals surface area (Å²) in [6.45, 7) is 1.77. The van der Waals surface area contributed by atoms with Crippen LogP contribution in [0.2, 0.25) is 0 Å². The molecule has 0 rings (SSSR count). The zero-order valence-electron chi connectivity index (χ0n) is 9.40. The lowest BCUT2D eigenvalue weighted by molar-refractivity contribution is -0.140. The third kappa shape index (κ3) is 6.04. The molecule has 0 heterocycles. The molecule has 0 saturated carbocycles. The van der Waals surface area contributed by atoms with E-state index in [9.17, 15) is 14.4 Å². The molecular weight excluding hydrogens is 226 g/mol. The zero-order valence-corrected chi connectivity index (χ0v) is 9.40. The van der Waals surface area contributed by atoms with Crippen LogP contribution in [-0.2, 0) is 9.59 Å². The molecule has 0 bridgehead atoms. The first-order valence-electron chi connectivity index (χ1n) is 4.95. The Balaban J connectivity index is 4.36. The number of nitrogens with one attached hydrogen (secondary N) is 2. The minimum absolute atomic E-state index is 0.477. The number of nitrogens with two attached hydrogens (primary N) is 1. The van der Waals surface area contributed by atoms with Gasteiger partial charge in [-0.1, -0.05) is 12.8 Å². The molecule has 2 atom stereocenters. The first-order chi connectivity index (χ1) is 7.90. The third-order valence-corrected chi connectivity index (χ3v) is 1.92. The number of urea groups is 1. The van der Waals surface area contributed by atoms with Gasteiger partial charge in [0.25, 0.3) is 0 Å². The van der Waals surface area contributed by atoms with Crippen molar-refractivity contribution in [1.82, 2.24) is 10.6 Å². The van der Waals surface area contributed by atoms with E-state index in [2.05, 4.69) is 16.6 Å². The molecule has 0 spiro atoms. The molecule has 0 aliphatic heterocycles. The van der Waals surface area contributed by atoms with Crippen molar-refractivity contribution in [2.24, 2.45) is 5.73 Å². The third-order valence-electron chi connectivity index (χ3n) is 1.92. The lowest BCUT2D eigenvalue weighted by Gasteiger charge is -2.16. The van der Waals surface area contributed by atoms with E-state index in [1.54, 1.807) is 6.92 Å². The SMILES string of the molecule is C#CC(CC)NC(=O)N[C@@H](CC(N)=O)C(=O)O. The molecule has 0 aliphatic rings. The summed E-state index contributed by atoms with van der Waals surface area (Å²) in [7, 11) is 0. The van der Waals surface area contributed by atoms with Gasteiger partial charge in [0.05, 0.1) is 12.5 Å². The van der Waals surface area contributed by atoms with Gasteiger partial charge in [-0.25, -0.2) is 9.59 Å². The van der Waals surface area contributed by atoms with Crippen LogP contribution in [0.3, 0.4) is 0 Å². The molecule has 0 aromatic rings. The summed E-state index contributed by atoms with van der Waals surface area (Å²) in [5, 5.41) is 13.2. The maximum Gasteiger partial charge on any atom is 0.326 e. The van der Waals surface area contributed by atoms with Crippen molar-refractivity contribution < 1.29 is 19.5 Å². The van der Waals surface area contributed by atoms with Crippen molar-refractivity contribution in [3.8, 4) is 12.3 Å². The summed E-state index contributed by atoms with van der Waals surface area (Å²) >= 11 is 0. The van der Waals surface area contributed by atoms with E-state index < -0.39 is 36.4 Å². The molecule has 7 heteroatoms. The van der Waals surface area contributed by atoms with E-state index in [4.69, 9.17) is 17.3 Å². The number of carboxylic acids is 1. The summed E-state index contributed by atoms with van der Waals surface area (Å²) < 4.78 is 0. The molecule has 17 heavy (non-hydrogen) atoms. The summed E-state index contributed by atoms with van der Waals surface area (Å²) in [6, 6.07) is -2.59. The molecule has 0 aromatic carbocycles. The van der Waals surface area contributed by atoms with Gasteiger partial charge in [-0.15, -0.1) is 6.42 Å². The Labute approximate surface area is 98.7 Å². The minimum atomic E-state index is -1.36. The smallest absolute Gasteiger partial charge is 0.326 e. The van der Waals surface area contributed by atoms with Crippen molar-refractivity contribution in [2.75, 3.05) is 0 Å². The number of hydrogen-bond donors (Lipinski definition) is 4. The van der Waals surface area contributed by atoms with Gasteiger partial charge in [-0.2, -0.15) is 0 Å². The number of rotatable bonds is 6. The second-order valence-electron chi connectivity index (χ2n) is 3.31. The van der Waals surface area contributed by atoms with E-state index in [1.165, 1.54) is 0 Å². The Kier molecular flexibility index (Phi) is 6.18. The van der Waals surface area contributed by atoms with Crippen LogP contribution in [0, 0.1) is 12.3 Å². The Morgan fingerprint density at radius 2 is 2.00 bits per heavy atom. The fourth-order valence-corrected chi connectivity index (χ4v) is 1.02. The van der Waals surface area contributed by atoms with Crippen LogP contribution in [0.25, 0.3) is 0 Å². The van der Waals surface area contributed by atoms with Gasteiger partial charge in [-0.05, 0) is 6.42 Å². The number of carboxylic acid groups (broad SMARTS) is 1. The fourth-order valence-electron chi connectivity index (χ4n) is 1.02. The van der Waals surface area contributed by atoms with Crippen molar-refractivity contribution >= 4 is 17.9 Å². The van der Waals surface area contributed by atoms with Crippen LogP contribution in [0.1, 0.15) is 19.8 Å². The second-order valence-corrected chi connectivity index (χ2v) is 3.31. The highest BCUT2D eigenvalue weighted by atomic mass is 16.4. The largest absolute Gasteiger partial charge is 0.480 e. The first kappa shape index (κ1) is 14.8. The Morgan fingerprint density at radius 3 is 2.35 bits per heavy atom. The lowest BCUT2D eigenvalue weighted by atomic mass is 10.2. The molecule has 94 valence electrons. The van der Waals surface area contributed by atoms with Gasteiger partial charge < -0.3 is 21.5 Å². The summed E-state index contributed by atoms with van der Waals surface area (Å²) in [6.07, 6.45) is 5.15. The molecule has 1 unspecified atom stereocenters. The Bertz CT molecular complexity index is 348. The number of terminal acetylenes is 1. The predicted molar refractivity (Wildman–Crippen MR) is 59.8 cm³/mol. The first-order valence-corrected chi connectivity index (χ1v) is 4.95. The monoisotopic (exact) mass is 241 g/mol. The van der Waals surface area contributed by atoms with Crippen LogP contribution >= 0.6 is 0 Å². The van der Waals surface area contributed by atoms with Gasteiger partial charge in [0.15, 0.2) is 0 Å². The second kappa shape index (κ2) is 7.11. The Morgan fingerprint density at radius 1 is 1.41 bits per heavy atom. The van der Waals surface area contributed by atoms with E-state index in [0.717, 1.165) is 0 Å². The average Bonchev–Trinajstić information content (AvgIpc) is 2.24. The van der Waals surface area contributed by atoms with Crippen LogP contribution in [0.5, 0.6) is 0 Å². The highest BCUT2D eigenvalue weighted by Gasteiger charge is 2.22. The molecule has 3 amide bonds. The number of amides is 3. The molecule has 0 aromatic heterocycles. The predicted octanol–water partition coefficient (Wildman–Crippen LogP) is -0.974. The van der Waals surface area contributed by atoms with Gasteiger partial charge in [0.2, 0.25) is 5.91 Å². The van der Waals surface area contributed by atoms with Gasteiger partial charge in [0, 0.05) is 0 Å². The highest BCUT2D eigenvalue weighted by molar-refractivity contribution is 5.87. The molecule has 0 fully saturated rings. The molecule has 0 aliphatic carbocycles. The maximum atomic E-state index is 11.3. The minimum Gasteiger partial charge on any atom is -0.480 e. The maximum absolute atomic E-state index is 11.3. The fraction of sp³-hybridized carbons (Fsp3) is 0.500. The van der Waals surface area contributed by atoms with E-state index in [1.807, 2.05) is 0 Å². The Hall–Kier alpha value is -2.23.